The summed E-state index contributed by atoms with van der Waals surface area (Å²) in [5.41, 5.74) is 0.505. The monoisotopic (exact) mass is 308 g/mol. The van der Waals surface area contributed by atoms with Crippen molar-refractivity contribution in [3.63, 3.8) is 0 Å². The fourth-order valence-corrected chi connectivity index (χ4v) is 1.73. The maximum Gasteiger partial charge on any atom is 0.373 e. The number of carboxylic acids is 1. The molecule has 0 unspecified atom stereocenters. The van der Waals surface area contributed by atoms with E-state index in [9.17, 15) is 14.7 Å². The van der Waals surface area contributed by atoms with Gasteiger partial charge in [0.05, 0.1) is 19.8 Å². The van der Waals surface area contributed by atoms with Crippen molar-refractivity contribution in [2.75, 3.05) is 13.7 Å². The molecular weight excluding hydrogens is 288 g/mol. The summed E-state index contributed by atoms with van der Waals surface area (Å²) < 4.78 is 15.4. The van der Waals surface area contributed by atoms with Crippen molar-refractivity contribution in [1.29, 1.82) is 0 Å². The quantitative estimate of drug-likeness (QED) is 0.474. The molecule has 0 fully saturated rings. The maximum absolute atomic E-state index is 11.9. The van der Waals surface area contributed by atoms with Crippen molar-refractivity contribution in [1.82, 2.24) is 0 Å². The third-order valence-corrected chi connectivity index (χ3v) is 2.59. The van der Waals surface area contributed by atoms with Gasteiger partial charge in [0.25, 0.3) is 0 Å². The first-order chi connectivity index (χ1) is 10.4. The highest BCUT2D eigenvalue weighted by Gasteiger charge is 2.16. The van der Waals surface area contributed by atoms with Crippen molar-refractivity contribution in [3.8, 4) is 5.75 Å². The molecule has 0 spiro atoms. The van der Waals surface area contributed by atoms with Crippen LogP contribution in [0.5, 0.6) is 5.75 Å². The highest BCUT2D eigenvalue weighted by molar-refractivity contribution is 5.94. The highest BCUT2D eigenvalue weighted by Crippen LogP contribution is 2.22. The van der Waals surface area contributed by atoms with E-state index in [4.69, 9.17) is 14.2 Å². The van der Waals surface area contributed by atoms with Gasteiger partial charge in [-0.25, -0.2) is 9.59 Å². The predicted octanol–water partition coefficient (Wildman–Crippen LogP) is 2.72. The molecule has 1 rings (SSSR count). The lowest BCUT2D eigenvalue weighted by Gasteiger charge is -2.13. The van der Waals surface area contributed by atoms with Crippen molar-refractivity contribution in [2.45, 2.75) is 26.9 Å². The van der Waals surface area contributed by atoms with Crippen LogP contribution in [0.1, 0.15) is 36.7 Å². The summed E-state index contributed by atoms with van der Waals surface area (Å²) in [5, 5.41) is 9.17. The average molecular weight is 308 g/mol. The number of benzene rings is 1. The standard InChI is InChI=1S/C16H20O6/c1-5-21-16(19)14(22-10(2)3)9-11-6-7-13(20-4)12(8-11)15(17)18/h6-10H,5H2,1-4H3,(H,17,18). The second-order valence-electron chi connectivity index (χ2n) is 4.66. The number of ether oxygens (including phenoxy) is 3. The number of carbonyl (C=O) groups excluding carboxylic acids is 1. The minimum Gasteiger partial charge on any atom is -0.496 e. The van der Waals surface area contributed by atoms with Crippen LogP contribution >= 0.6 is 0 Å². The molecule has 0 aromatic heterocycles. The van der Waals surface area contributed by atoms with Crippen LogP contribution in [-0.2, 0) is 14.3 Å². The van der Waals surface area contributed by atoms with Crippen LogP contribution in [0.4, 0.5) is 0 Å². The number of carbonyl (C=O) groups is 2. The van der Waals surface area contributed by atoms with E-state index in [2.05, 4.69) is 0 Å². The Morgan fingerprint density at radius 3 is 2.50 bits per heavy atom. The minimum absolute atomic E-state index is 0.00371. The summed E-state index contributed by atoms with van der Waals surface area (Å²) in [6.45, 7) is 5.48. The summed E-state index contributed by atoms with van der Waals surface area (Å²) in [5.74, 6) is -1.44. The Kier molecular flexibility index (Phi) is 6.44. The molecule has 0 saturated carbocycles. The second kappa shape index (κ2) is 8.07. The van der Waals surface area contributed by atoms with E-state index in [1.807, 2.05) is 0 Å². The first-order valence-corrected chi connectivity index (χ1v) is 6.85. The predicted molar refractivity (Wildman–Crippen MR) is 80.8 cm³/mol. The van der Waals surface area contributed by atoms with Gasteiger partial charge >= 0.3 is 11.9 Å². The third-order valence-electron chi connectivity index (χ3n) is 2.59. The number of hydrogen-bond donors (Lipinski definition) is 1. The molecule has 0 aliphatic carbocycles. The zero-order valence-corrected chi connectivity index (χ0v) is 13.1. The number of aromatic carboxylic acids is 1. The first-order valence-electron chi connectivity index (χ1n) is 6.85. The minimum atomic E-state index is -1.12. The zero-order chi connectivity index (χ0) is 16.7. The lowest BCUT2D eigenvalue weighted by molar-refractivity contribution is -0.143. The number of rotatable bonds is 7. The van der Waals surface area contributed by atoms with Crippen molar-refractivity contribution >= 4 is 18.0 Å². The van der Waals surface area contributed by atoms with E-state index in [1.165, 1.54) is 25.3 Å². The molecule has 0 amide bonds. The van der Waals surface area contributed by atoms with Crippen LogP contribution in [0.25, 0.3) is 6.08 Å². The molecule has 22 heavy (non-hydrogen) atoms. The average Bonchev–Trinajstić information content (AvgIpc) is 2.46. The van der Waals surface area contributed by atoms with Crippen LogP contribution in [0.2, 0.25) is 0 Å². The molecule has 0 atom stereocenters. The summed E-state index contributed by atoms with van der Waals surface area (Å²) in [4.78, 5) is 23.1. The fraction of sp³-hybridized carbons (Fsp3) is 0.375. The summed E-state index contributed by atoms with van der Waals surface area (Å²) in [7, 11) is 1.39. The zero-order valence-electron chi connectivity index (χ0n) is 13.1. The molecule has 1 N–H and O–H groups in total. The Balaban J connectivity index is 3.21. The lowest BCUT2D eigenvalue weighted by atomic mass is 10.1. The van der Waals surface area contributed by atoms with E-state index in [0.717, 1.165) is 0 Å². The van der Waals surface area contributed by atoms with E-state index in [1.54, 1.807) is 26.8 Å². The van der Waals surface area contributed by atoms with Gasteiger partial charge in [0, 0.05) is 0 Å². The SMILES string of the molecule is CCOC(=O)C(=Cc1ccc(OC)c(C(=O)O)c1)OC(C)C. The molecule has 0 radical (unpaired) electrons. The summed E-state index contributed by atoms with van der Waals surface area (Å²) in [6.07, 6.45) is 1.23. The molecule has 0 aliphatic rings. The lowest BCUT2D eigenvalue weighted by Crippen LogP contribution is -2.14. The third kappa shape index (κ3) is 4.80. The fourth-order valence-electron chi connectivity index (χ4n) is 1.73. The Bertz CT molecular complexity index is 574. The number of methoxy groups -OCH3 is 1. The van der Waals surface area contributed by atoms with Gasteiger partial charge in [-0.15, -0.1) is 0 Å². The van der Waals surface area contributed by atoms with Crippen LogP contribution in [0.15, 0.2) is 24.0 Å². The van der Waals surface area contributed by atoms with Gasteiger partial charge in [-0.2, -0.15) is 0 Å². The Morgan fingerprint density at radius 2 is 2.00 bits per heavy atom. The largest absolute Gasteiger partial charge is 0.496 e. The molecule has 1 aromatic rings. The van der Waals surface area contributed by atoms with Gasteiger partial charge < -0.3 is 19.3 Å². The van der Waals surface area contributed by atoms with Gasteiger partial charge in [0.15, 0.2) is 0 Å². The Labute approximate surface area is 129 Å². The van der Waals surface area contributed by atoms with Crippen LogP contribution in [0, 0.1) is 0 Å². The molecule has 0 bridgehead atoms. The number of carboxylic acid groups (broad SMARTS) is 1. The van der Waals surface area contributed by atoms with Gasteiger partial charge in [-0.3, -0.25) is 0 Å². The van der Waals surface area contributed by atoms with Gasteiger partial charge in [0.1, 0.15) is 11.3 Å². The summed E-state index contributed by atoms with van der Waals surface area (Å²) in [6, 6.07) is 4.56. The van der Waals surface area contributed by atoms with Crippen LogP contribution < -0.4 is 4.74 Å². The molecule has 120 valence electrons. The summed E-state index contributed by atoms with van der Waals surface area (Å²) >= 11 is 0. The van der Waals surface area contributed by atoms with Crippen LogP contribution in [-0.4, -0.2) is 36.9 Å². The topological polar surface area (TPSA) is 82.1 Å². The second-order valence-corrected chi connectivity index (χ2v) is 4.66. The van der Waals surface area contributed by atoms with E-state index in [-0.39, 0.29) is 29.8 Å². The molecule has 6 heteroatoms. The van der Waals surface area contributed by atoms with Crippen molar-refractivity contribution in [3.05, 3.63) is 35.1 Å². The number of esters is 1. The van der Waals surface area contributed by atoms with E-state index < -0.39 is 11.9 Å². The van der Waals surface area contributed by atoms with Crippen LogP contribution in [0.3, 0.4) is 0 Å². The number of hydrogen-bond acceptors (Lipinski definition) is 5. The Morgan fingerprint density at radius 1 is 1.32 bits per heavy atom. The van der Waals surface area contributed by atoms with Gasteiger partial charge in [-0.1, -0.05) is 6.07 Å². The van der Waals surface area contributed by atoms with Gasteiger partial charge in [-0.05, 0) is 44.5 Å². The highest BCUT2D eigenvalue weighted by atomic mass is 16.6. The first kappa shape index (κ1) is 17.6. The van der Waals surface area contributed by atoms with E-state index in [0.29, 0.717) is 5.56 Å². The molecular formula is C16H20O6. The Hall–Kier alpha value is -2.50. The molecule has 1 aromatic carbocycles. The molecule has 0 aliphatic heterocycles. The smallest absolute Gasteiger partial charge is 0.373 e. The molecule has 0 saturated heterocycles. The maximum atomic E-state index is 11.9. The van der Waals surface area contributed by atoms with Crippen molar-refractivity contribution in [2.24, 2.45) is 0 Å². The normalized spacial score (nSPS) is 11.2. The van der Waals surface area contributed by atoms with Crippen molar-refractivity contribution < 1.29 is 28.9 Å². The molecule has 6 nitrogen and oxygen atoms in total. The van der Waals surface area contributed by atoms with E-state index >= 15 is 0 Å². The molecule has 0 heterocycles. The van der Waals surface area contributed by atoms with Gasteiger partial charge in [0.2, 0.25) is 5.76 Å².